The van der Waals surface area contributed by atoms with Crippen LogP contribution in [0.2, 0.25) is 0 Å². The summed E-state index contributed by atoms with van der Waals surface area (Å²) >= 11 is 0. The molecule has 100 valence electrons. The van der Waals surface area contributed by atoms with E-state index in [1.807, 2.05) is 37.3 Å². The monoisotopic (exact) mass is 257 g/mol. The lowest BCUT2D eigenvalue weighted by atomic mass is 10.1. The fourth-order valence-corrected chi connectivity index (χ4v) is 1.88. The van der Waals surface area contributed by atoms with Crippen molar-refractivity contribution in [3.05, 3.63) is 36.0 Å². The molecule has 0 bridgehead atoms. The zero-order valence-electron chi connectivity index (χ0n) is 11.5. The molecule has 0 saturated carbocycles. The molecule has 2 amide bonds. The third-order valence-corrected chi connectivity index (χ3v) is 2.90. The molecule has 0 spiro atoms. The third-order valence-electron chi connectivity index (χ3n) is 2.90. The summed E-state index contributed by atoms with van der Waals surface area (Å²) in [6.07, 6.45) is 0. The molecule has 0 radical (unpaired) electrons. The molecule has 0 saturated heterocycles. The average Bonchev–Trinajstić information content (AvgIpc) is 2.38. The minimum atomic E-state index is -0.186. The van der Waals surface area contributed by atoms with Crippen LogP contribution in [0.15, 0.2) is 30.3 Å². The number of carbonyl (C=O) groups excluding carboxylic acids is 1. The molecule has 0 aliphatic rings. The van der Waals surface area contributed by atoms with Crippen LogP contribution in [0, 0.1) is 0 Å². The molecule has 4 heteroatoms. The lowest BCUT2D eigenvalue weighted by Crippen LogP contribution is -2.28. The number of urea groups is 1. The second kappa shape index (κ2) is 5.69. The quantitative estimate of drug-likeness (QED) is 0.884. The average molecular weight is 257 g/mol. The van der Waals surface area contributed by atoms with Crippen molar-refractivity contribution in [3.63, 3.8) is 0 Å². The van der Waals surface area contributed by atoms with Gasteiger partial charge in [0.05, 0.1) is 5.52 Å². The predicted octanol–water partition coefficient (Wildman–Crippen LogP) is 3.50. The summed E-state index contributed by atoms with van der Waals surface area (Å²) in [5.74, 6) is 0.414. The number of rotatable bonds is 3. The molecule has 2 N–H and O–H groups in total. The highest BCUT2D eigenvalue weighted by Gasteiger charge is 2.04. The van der Waals surface area contributed by atoms with E-state index in [4.69, 9.17) is 0 Å². The Labute approximate surface area is 113 Å². The minimum Gasteiger partial charge on any atom is -0.338 e. The lowest BCUT2D eigenvalue weighted by Gasteiger charge is -2.09. The van der Waals surface area contributed by atoms with Gasteiger partial charge in [0.15, 0.2) is 0 Å². The first-order chi connectivity index (χ1) is 9.10. The predicted molar refractivity (Wildman–Crippen MR) is 78.5 cm³/mol. The molecule has 1 heterocycles. The van der Waals surface area contributed by atoms with E-state index in [9.17, 15) is 4.79 Å². The highest BCUT2D eigenvalue weighted by molar-refractivity contribution is 5.92. The van der Waals surface area contributed by atoms with Crippen LogP contribution in [-0.4, -0.2) is 17.6 Å². The van der Waals surface area contributed by atoms with E-state index in [2.05, 4.69) is 29.5 Å². The van der Waals surface area contributed by atoms with Crippen molar-refractivity contribution < 1.29 is 4.79 Å². The molecule has 0 fully saturated rings. The Kier molecular flexibility index (Phi) is 4.00. The molecule has 0 aliphatic heterocycles. The maximum Gasteiger partial charge on any atom is 0.319 e. The Bertz CT molecular complexity index is 593. The van der Waals surface area contributed by atoms with Crippen molar-refractivity contribution in [1.82, 2.24) is 10.3 Å². The highest BCUT2D eigenvalue weighted by Crippen LogP contribution is 2.20. The zero-order valence-corrected chi connectivity index (χ0v) is 11.5. The molecule has 1 aromatic carbocycles. The molecule has 4 nitrogen and oxygen atoms in total. The minimum absolute atomic E-state index is 0.186. The lowest BCUT2D eigenvalue weighted by molar-refractivity contribution is 0.252. The van der Waals surface area contributed by atoms with Crippen LogP contribution in [0.3, 0.4) is 0 Å². The van der Waals surface area contributed by atoms with Gasteiger partial charge in [-0.2, -0.15) is 0 Å². The first-order valence-corrected chi connectivity index (χ1v) is 6.55. The number of pyridine rings is 1. The van der Waals surface area contributed by atoms with Gasteiger partial charge in [0, 0.05) is 23.3 Å². The van der Waals surface area contributed by atoms with Crippen molar-refractivity contribution in [2.24, 2.45) is 0 Å². The fourth-order valence-electron chi connectivity index (χ4n) is 1.88. The van der Waals surface area contributed by atoms with Gasteiger partial charge in [0.2, 0.25) is 0 Å². The molecule has 0 atom stereocenters. The van der Waals surface area contributed by atoms with E-state index in [0.717, 1.165) is 22.3 Å². The number of amides is 2. The van der Waals surface area contributed by atoms with Crippen LogP contribution in [0.5, 0.6) is 0 Å². The number of hydrogen-bond acceptors (Lipinski definition) is 2. The van der Waals surface area contributed by atoms with Gasteiger partial charge in [-0.1, -0.05) is 19.9 Å². The summed E-state index contributed by atoms with van der Waals surface area (Å²) in [7, 11) is 0. The summed E-state index contributed by atoms with van der Waals surface area (Å²) in [5, 5.41) is 6.52. The van der Waals surface area contributed by atoms with E-state index in [0.29, 0.717) is 12.5 Å². The topological polar surface area (TPSA) is 54.0 Å². The van der Waals surface area contributed by atoms with E-state index < -0.39 is 0 Å². The van der Waals surface area contributed by atoms with Gasteiger partial charge in [-0.3, -0.25) is 4.98 Å². The largest absolute Gasteiger partial charge is 0.338 e. The van der Waals surface area contributed by atoms with Gasteiger partial charge in [-0.15, -0.1) is 0 Å². The van der Waals surface area contributed by atoms with Crippen molar-refractivity contribution in [2.45, 2.75) is 26.7 Å². The number of aromatic nitrogens is 1. The van der Waals surface area contributed by atoms with E-state index in [-0.39, 0.29) is 6.03 Å². The van der Waals surface area contributed by atoms with E-state index in [1.54, 1.807) is 0 Å². The number of carbonyl (C=O) groups is 1. The summed E-state index contributed by atoms with van der Waals surface area (Å²) < 4.78 is 0. The van der Waals surface area contributed by atoms with Crippen molar-refractivity contribution in [2.75, 3.05) is 11.9 Å². The van der Waals surface area contributed by atoms with Crippen LogP contribution >= 0.6 is 0 Å². The summed E-state index contributed by atoms with van der Waals surface area (Å²) in [4.78, 5) is 16.1. The SMILES string of the molecule is CCNC(=O)Nc1ccc2nc(C(C)C)ccc2c1. The Morgan fingerprint density at radius 2 is 2.05 bits per heavy atom. The smallest absolute Gasteiger partial charge is 0.319 e. The van der Waals surface area contributed by atoms with Crippen molar-refractivity contribution in [3.8, 4) is 0 Å². The highest BCUT2D eigenvalue weighted by atomic mass is 16.2. The molecule has 0 unspecified atom stereocenters. The summed E-state index contributed by atoms with van der Waals surface area (Å²) in [6.45, 7) is 6.74. The van der Waals surface area contributed by atoms with Gasteiger partial charge in [0.1, 0.15) is 0 Å². The molecule has 19 heavy (non-hydrogen) atoms. The fraction of sp³-hybridized carbons (Fsp3) is 0.333. The standard InChI is InChI=1S/C15H19N3O/c1-4-16-15(19)17-12-6-8-14-11(9-12)5-7-13(18-14)10(2)3/h5-10H,4H2,1-3H3,(H2,16,17,19). The maximum atomic E-state index is 11.5. The Morgan fingerprint density at radius 3 is 2.74 bits per heavy atom. The van der Waals surface area contributed by atoms with Gasteiger partial charge >= 0.3 is 6.03 Å². The summed E-state index contributed by atoms with van der Waals surface area (Å²) in [5.41, 5.74) is 2.81. The first kappa shape index (κ1) is 13.3. The number of nitrogens with one attached hydrogen (secondary N) is 2. The first-order valence-electron chi connectivity index (χ1n) is 6.55. The third kappa shape index (κ3) is 3.22. The van der Waals surface area contributed by atoms with Gasteiger partial charge in [-0.25, -0.2) is 4.79 Å². The molecule has 2 rings (SSSR count). The van der Waals surface area contributed by atoms with Crippen LogP contribution in [0.1, 0.15) is 32.4 Å². The van der Waals surface area contributed by atoms with Crippen molar-refractivity contribution >= 4 is 22.6 Å². The van der Waals surface area contributed by atoms with E-state index >= 15 is 0 Å². The number of hydrogen-bond donors (Lipinski definition) is 2. The molecule has 0 aliphatic carbocycles. The number of fused-ring (bicyclic) bond motifs is 1. The summed E-state index contributed by atoms with van der Waals surface area (Å²) in [6, 6.07) is 9.62. The second-order valence-corrected chi connectivity index (χ2v) is 4.78. The molecular weight excluding hydrogens is 238 g/mol. The van der Waals surface area contributed by atoms with Crippen LogP contribution < -0.4 is 10.6 Å². The normalized spacial score (nSPS) is 10.7. The zero-order chi connectivity index (χ0) is 13.8. The number of anilines is 1. The maximum absolute atomic E-state index is 11.5. The van der Waals surface area contributed by atoms with E-state index in [1.165, 1.54) is 0 Å². The van der Waals surface area contributed by atoms with Crippen molar-refractivity contribution in [1.29, 1.82) is 0 Å². The molecule has 2 aromatic rings. The van der Waals surface area contributed by atoms with Gasteiger partial charge < -0.3 is 10.6 Å². The van der Waals surface area contributed by atoms with Crippen LogP contribution in [0.4, 0.5) is 10.5 Å². The second-order valence-electron chi connectivity index (χ2n) is 4.78. The number of benzene rings is 1. The Morgan fingerprint density at radius 1 is 1.26 bits per heavy atom. The Balaban J connectivity index is 2.26. The van der Waals surface area contributed by atoms with Crippen LogP contribution in [-0.2, 0) is 0 Å². The van der Waals surface area contributed by atoms with Gasteiger partial charge in [-0.05, 0) is 37.1 Å². The van der Waals surface area contributed by atoms with Crippen LogP contribution in [0.25, 0.3) is 10.9 Å². The number of nitrogens with zero attached hydrogens (tertiary/aromatic N) is 1. The molecular formula is C15H19N3O. The Hall–Kier alpha value is -2.10. The molecule has 1 aromatic heterocycles. The van der Waals surface area contributed by atoms with Gasteiger partial charge in [0.25, 0.3) is 0 Å².